The summed E-state index contributed by atoms with van der Waals surface area (Å²) in [6, 6.07) is 19.9. The van der Waals surface area contributed by atoms with E-state index in [1.807, 2.05) is 13.8 Å². The third kappa shape index (κ3) is 8.99. The zero-order valence-corrected chi connectivity index (χ0v) is 27.6. The van der Waals surface area contributed by atoms with Crippen LogP contribution in [0.5, 0.6) is 5.75 Å². The maximum Gasteiger partial charge on any atom is 0.254 e. The van der Waals surface area contributed by atoms with Crippen molar-refractivity contribution in [1.29, 1.82) is 0 Å². The van der Waals surface area contributed by atoms with Gasteiger partial charge in [-0.2, -0.15) is 4.31 Å². The molecule has 0 radical (unpaired) electrons. The number of nitrogens with zero attached hydrogens (tertiary/aromatic N) is 2. The fraction of sp³-hybridized carbons (Fsp3) is 0.182. The number of anilines is 1. The second kappa shape index (κ2) is 14.7. The molecule has 0 atom stereocenters. The maximum absolute atomic E-state index is 13.8. The number of aromatic hydroxyl groups is 1. The van der Waals surface area contributed by atoms with Crippen molar-refractivity contribution in [2.75, 3.05) is 12.3 Å². The summed E-state index contributed by atoms with van der Waals surface area (Å²) in [5, 5.41) is 10.8. The number of hydrogen-bond acceptors (Lipinski definition) is 5. The van der Waals surface area contributed by atoms with Crippen LogP contribution in [0.25, 0.3) is 0 Å². The van der Waals surface area contributed by atoms with Gasteiger partial charge in [0.15, 0.2) is 5.75 Å². The molecule has 0 aromatic heterocycles. The van der Waals surface area contributed by atoms with Crippen LogP contribution >= 0.6 is 34.8 Å². The Morgan fingerprint density at radius 2 is 1.42 bits per heavy atom. The molecule has 1 amide bonds. The van der Waals surface area contributed by atoms with E-state index in [0.717, 1.165) is 22.8 Å². The van der Waals surface area contributed by atoms with Crippen LogP contribution in [0.15, 0.2) is 95.4 Å². The van der Waals surface area contributed by atoms with Crippen LogP contribution in [0.2, 0.25) is 15.1 Å². The molecule has 4 aromatic rings. The van der Waals surface area contributed by atoms with Crippen molar-refractivity contribution in [3.63, 3.8) is 0 Å². The molecule has 0 bridgehead atoms. The Kier molecular flexibility index (Phi) is 11.2. The molecule has 0 unspecified atom stereocenters. The Hall–Kier alpha value is -3.60. The minimum absolute atomic E-state index is 0.0170. The van der Waals surface area contributed by atoms with Crippen LogP contribution in [0.3, 0.4) is 0 Å². The quantitative estimate of drug-likeness (QED) is 0.122. The highest BCUT2D eigenvalue weighted by molar-refractivity contribution is 7.89. The summed E-state index contributed by atoms with van der Waals surface area (Å²) in [6.07, 6.45) is 1.74. The van der Waals surface area contributed by atoms with Crippen molar-refractivity contribution in [3.8, 4) is 5.75 Å². The summed E-state index contributed by atoms with van der Waals surface area (Å²) in [4.78, 5) is 14.9. The number of benzene rings is 4. The number of sulfonamides is 1. The Bertz CT molecular complexity index is 1810. The molecule has 7 nitrogen and oxygen atoms in total. The second-order valence-corrected chi connectivity index (χ2v) is 13.9. The van der Waals surface area contributed by atoms with Gasteiger partial charge in [0.1, 0.15) is 10.7 Å². The number of halogens is 4. The lowest BCUT2D eigenvalue weighted by molar-refractivity contribution is 0.0730. The van der Waals surface area contributed by atoms with Crippen LogP contribution in [0.4, 0.5) is 10.1 Å². The average molecular weight is 691 g/mol. The fourth-order valence-electron chi connectivity index (χ4n) is 4.55. The van der Waals surface area contributed by atoms with E-state index in [0.29, 0.717) is 21.8 Å². The first-order chi connectivity index (χ1) is 21.2. The highest BCUT2D eigenvalue weighted by Gasteiger charge is 2.29. The van der Waals surface area contributed by atoms with E-state index in [1.165, 1.54) is 22.5 Å². The predicted octanol–water partition coefficient (Wildman–Crippen LogP) is 8.07. The van der Waals surface area contributed by atoms with Gasteiger partial charge in [-0.25, -0.2) is 12.8 Å². The number of carbonyl (C=O) groups is 1. The molecular formula is C33H31Cl3FN3O4S. The molecule has 0 fully saturated rings. The topological polar surface area (TPSA) is 104 Å². The SMILES string of the molecule is CC(C)=CCN(Cc1ccc(C(=O)N(Cc2ccc(F)cc2)Cc2cc(N)cc(Cl)c2)cc1)S(=O)(=O)c1cc(Cl)cc(Cl)c1O. The zero-order chi connectivity index (χ0) is 32.9. The van der Waals surface area contributed by atoms with Crippen LogP contribution in [-0.2, 0) is 29.7 Å². The van der Waals surface area contributed by atoms with E-state index in [2.05, 4.69) is 0 Å². The molecule has 45 heavy (non-hydrogen) atoms. The monoisotopic (exact) mass is 689 g/mol. The molecular weight excluding hydrogens is 660 g/mol. The standard InChI is InChI=1S/C33H31Cl3FN3O4S/c1-21(2)11-12-40(45(43,44)31-17-27(35)16-30(36)32(31)41)20-23-3-7-25(8-4-23)33(42)39(18-22-5-9-28(37)10-6-22)19-24-13-26(34)15-29(38)14-24/h3-11,13-17,41H,12,18-20,38H2,1-2H3. The van der Waals surface area contributed by atoms with Crippen molar-refractivity contribution >= 4 is 56.4 Å². The normalized spacial score (nSPS) is 11.4. The highest BCUT2D eigenvalue weighted by atomic mass is 35.5. The molecule has 0 aliphatic heterocycles. The van der Waals surface area contributed by atoms with Crippen molar-refractivity contribution in [3.05, 3.63) is 134 Å². The lowest BCUT2D eigenvalue weighted by Crippen LogP contribution is -2.31. The second-order valence-electron chi connectivity index (χ2n) is 10.7. The van der Waals surface area contributed by atoms with Gasteiger partial charge < -0.3 is 15.7 Å². The first-order valence-corrected chi connectivity index (χ1v) is 16.3. The van der Waals surface area contributed by atoms with Gasteiger partial charge in [-0.3, -0.25) is 4.79 Å². The number of phenolic OH excluding ortho intramolecular Hbond substituents is 1. The Balaban J connectivity index is 1.62. The molecule has 0 saturated heterocycles. The van der Waals surface area contributed by atoms with Gasteiger partial charge in [0.05, 0.1) is 5.02 Å². The first kappa shape index (κ1) is 34.3. The van der Waals surface area contributed by atoms with Crippen molar-refractivity contribution in [1.82, 2.24) is 9.21 Å². The van der Waals surface area contributed by atoms with E-state index < -0.39 is 20.7 Å². The highest BCUT2D eigenvalue weighted by Crippen LogP contribution is 2.36. The first-order valence-electron chi connectivity index (χ1n) is 13.7. The molecule has 236 valence electrons. The van der Waals surface area contributed by atoms with Crippen LogP contribution in [0, 0.1) is 5.82 Å². The Labute approximate surface area is 277 Å². The van der Waals surface area contributed by atoms with Crippen molar-refractivity contribution < 1.29 is 22.7 Å². The lowest BCUT2D eigenvalue weighted by Gasteiger charge is -2.24. The average Bonchev–Trinajstić information content (AvgIpc) is 2.97. The zero-order valence-electron chi connectivity index (χ0n) is 24.5. The van der Waals surface area contributed by atoms with Gasteiger partial charge in [-0.05, 0) is 85.1 Å². The number of phenols is 1. The van der Waals surface area contributed by atoms with E-state index >= 15 is 0 Å². The molecule has 4 aromatic carbocycles. The van der Waals surface area contributed by atoms with Gasteiger partial charge >= 0.3 is 0 Å². The molecule has 0 heterocycles. The third-order valence-electron chi connectivity index (χ3n) is 6.80. The van der Waals surface area contributed by atoms with Gasteiger partial charge in [0, 0.05) is 47.5 Å². The summed E-state index contributed by atoms with van der Waals surface area (Å²) in [7, 11) is -4.24. The summed E-state index contributed by atoms with van der Waals surface area (Å²) in [5.41, 5.74) is 9.71. The number of amides is 1. The number of nitrogen functional groups attached to an aromatic ring is 1. The largest absolute Gasteiger partial charge is 0.505 e. The number of nitrogens with two attached hydrogens (primary N) is 1. The van der Waals surface area contributed by atoms with Gasteiger partial charge in [0.25, 0.3) is 5.91 Å². The minimum atomic E-state index is -4.24. The summed E-state index contributed by atoms with van der Waals surface area (Å²) < 4.78 is 42.1. The van der Waals surface area contributed by atoms with E-state index in [9.17, 15) is 22.7 Å². The fourth-order valence-corrected chi connectivity index (χ4v) is 6.92. The number of allylic oxidation sites excluding steroid dienone is 1. The van der Waals surface area contributed by atoms with Gasteiger partial charge in [-0.15, -0.1) is 0 Å². The summed E-state index contributed by atoms with van der Waals surface area (Å²) >= 11 is 18.3. The predicted molar refractivity (Wildman–Crippen MR) is 177 cm³/mol. The van der Waals surface area contributed by atoms with E-state index in [-0.39, 0.29) is 47.9 Å². The number of carbonyl (C=O) groups excluding carboxylic acids is 1. The summed E-state index contributed by atoms with van der Waals surface area (Å²) in [6.45, 7) is 4.01. The van der Waals surface area contributed by atoms with Crippen molar-refractivity contribution in [2.45, 2.75) is 38.4 Å². The molecule has 0 aliphatic carbocycles. The minimum Gasteiger partial charge on any atom is -0.505 e. The van der Waals surface area contributed by atoms with Gasteiger partial charge in [-0.1, -0.05) is 70.7 Å². The molecule has 3 N–H and O–H groups in total. The number of hydrogen-bond donors (Lipinski definition) is 2. The summed E-state index contributed by atoms with van der Waals surface area (Å²) in [5.74, 6) is -1.28. The Morgan fingerprint density at radius 3 is 2.04 bits per heavy atom. The van der Waals surface area contributed by atoms with Crippen molar-refractivity contribution in [2.24, 2.45) is 0 Å². The Morgan fingerprint density at radius 1 is 0.844 bits per heavy atom. The smallest absolute Gasteiger partial charge is 0.254 e. The maximum atomic E-state index is 13.8. The molecule has 0 spiro atoms. The van der Waals surface area contributed by atoms with Crippen LogP contribution < -0.4 is 5.73 Å². The number of rotatable bonds is 11. The molecule has 12 heteroatoms. The lowest BCUT2D eigenvalue weighted by atomic mass is 10.1. The molecule has 0 aliphatic rings. The van der Waals surface area contributed by atoms with Crippen LogP contribution in [0.1, 0.15) is 40.9 Å². The van der Waals surface area contributed by atoms with E-state index in [1.54, 1.807) is 65.6 Å². The van der Waals surface area contributed by atoms with E-state index in [4.69, 9.17) is 40.5 Å². The molecule has 0 saturated carbocycles. The van der Waals surface area contributed by atoms with Gasteiger partial charge in [0.2, 0.25) is 10.0 Å². The van der Waals surface area contributed by atoms with Crippen LogP contribution in [-0.4, -0.2) is 35.2 Å². The molecule has 4 rings (SSSR count). The third-order valence-corrected chi connectivity index (χ3v) is 9.35.